The van der Waals surface area contributed by atoms with Crippen molar-refractivity contribution in [2.75, 3.05) is 13.1 Å². The molecule has 1 unspecified atom stereocenters. The Kier molecular flexibility index (Phi) is 5.17. The molecule has 1 heterocycles. The molecule has 1 aliphatic heterocycles. The Balaban J connectivity index is 2.03. The molecule has 2 amide bonds. The molecule has 1 N–H and O–H groups in total. The molecule has 1 fully saturated rings. The van der Waals surface area contributed by atoms with Crippen molar-refractivity contribution in [3.63, 3.8) is 0 Å². The number of rotatable bonds is 3. The Morgan fingerprint density at radius 3 is 2.57 bits per heavy atom. The largest absolute Gasteiger partial charge is 0.341 e. The molecular weight excluding hydrogens is 295 g/mol. The summed E-state index contributed by atoms with van der Waals surface area (Å²) in [5.41, 5.74) is -0.225. The zero-order valence-corrected chi connectivity index (χ0v) is 12.6. The van der Waals surface area contributed by atoms with E-state index in [9.17, 15) is 14.0 Å². The van der Waals surface area contributed by atoms with Gasteiger partial charge < -0.3 is 10.2 Å². The second-order valence-corrected chi connectivity index (χ2v) is 5.58. The molecule has 1 aliphatic rings. The van der Waals surface area contributed by atoms with Crippen LogP contribution in [0.4, 0.5) is 4.39 Å². The molecule has 0 aliphatic carbocycles. The first-order valence-corrected chi connectivity index (χ1v) is 7.42. The number of piperidine rings is 1. The Bertz CT molecular complexity index is 524. The van der Waals surface area contributed by atoms with Gasteiger partial charge in [0.05, 0.1) is 10.6 Å². The van der Waals surface area contributed by atoms with Crippen LogP contribution in [0.15, 0.2) is 18.2 Å². The summed E-state index contributed by atoms with van der Waals surface area (Å²) >= 11 is 5.84. The number of carbonyl (C=O) groups excluding carboxylic acids is 2. The van der Waals surface area contributed by atoms with Crippen LogP contribution in [0.1, 0.15) is 36.5 Å². The average molecular weight is 313 g/mol. The van der Waals surface area contributed by atoms with E-state index in [2.05, 4.69) is 5.32 Å². The summed E-state index contributed by atoms with van der Waals surface area (Å²) in [5, 5.41) is 2.55. The number of amides is 2. The van der Waals surface area contributed by atoms with E-state index in [1.807, 2.05) is 0 Å². The number of nitrogens with zero attached hydrogens (tertiary/aromatic N) is 1. The van der Waals surface area contributed by atoms with Crippen LogP contribution in [0, 0.1) is 5.82 Å². The number of halogens is 2. The molecule has 1 aromatic rings. The van der Waals surface area contributed by atoms with Gasteiger partial charge in [-0.05, 0) is 38.3 Å². The maximum atomic E-state index is 13.7. The lowest BCUT2D eigenvalue weighted by molar-refractivity contribution is -0.133. The van der Waals surface area contributed by atoms with Gasteiger partial charge in [0.1, 0.15) is 11.9 Å². The Morgan fingerprint density at radius 2 is 1.95 bits per heavy atom. The van der Waals surface area contributed by atoms with Gasteiger partial charge in [0, 0.05) is 13.1 Å². The number of benzene rings is 1. The van der Waals surface area contributed by atoms with E-state index in [1.165, 1.54) is 12.1 Å². The summed E-state index contributed by atoms with van der Waals surface area (Å²) in [6.07, 6.45) is 3.08. The summed E-state index contributed by atoms with van der Waals surface area (Å²) in [7, 11) is 0. The summed E-state index contributed by atoms with van der Waals surface area (Å²) < 4.78 is 13.7. The molecule has 1 atom stereocenters. The quantitative estimate of drug-likeness (QED) is 0.932. The van der Waals surface area contributed by atoms with Gasteiger partial charge in [0.2, 0.25) is 5.91 Å². The van der Waals surface area contributed by atoms with Gasteiger partial charge >= 0.3 is 0 Å². The second-order valence-electron chi connectivity index (χ2n) is 5.18. The predicted octanol–water partition coefficient (Wildman–Crippen LogP) is 2.61. The van der Waals surface area contributed by atoms with E-state index in [0.29, 0.717) is 13.1 Å². The second kappa shape index (κ2) is 6.89. The van der Waals surface area contributed by atoms with Gasteiger partial charge in [-0.15, -0.1) is 0 Å². The van der Waals surface area contributed by atoms with Crippen LogP contribution in [0.5, 0.6) is 0 Å². The van der Waals surface area contributed by atoms with E-state index in [4.69, 9.17) is 11.6 Å². The number of likely N-dealkylation sites (tertiary alicyclic amines) is 1. The summed E-state index contributed by atoms with van der Waals surface area (Å²) in [6, 6.07) is 3.33. The molecule has 0 bridgehead atoms. The number of hydrogen-bond acceptors (Lipinski definition) is 2. The first-order valence-electron chi connectivity index (χ1n) is 7.04. The lowest BCUT2D eigenvalue weighted by atomic mass is 10.1. The molecule has 6 heteroatoms. The van der Waals surface area contributed by atoms with Gasteiger partial charge in [-0.25, -0.2) is 4.39 Å². The monoisotopic (exact) mass is 312 g/mol. The van der Waals surface area contributed by atoms with Crippen molar-refractivity contribution >= 4 is 23.4 Å². The fraction of sp³-hybridized carbons (Fsp3) is 0.467. The standard InChI is InChI=1S/C15H18ClFN2O2/c1-10(15(21)19-8-3-2-4-9-19)18-14(20)13-11(16)6-5-7-12(13)17/h5-7,10H,2-4,8-9H2,1H3,(H,18,20). The summed E-state index contributed by atoms with van der Waals surface area (Å²) in [5.74, 6) is -1.51. The van der Waals surface area contributed by atoms with Crippen molar-refractivity contribution in [1.29, 1.82) is 0 Å². The average Bonchev–Trinajstić information content (AvgIpc) is 2.47. The van der Waals surface area contributed by atoms with Crippen LogP contribution >= 0.6 is 11.6 Å². The number of carbonyl (C=O) groups is 2. The first kappa shape index (κ1) is 15.8. The number of nitrogens with one attached hydrogen (secondary N) is 1. The lowest BCUT2D eigenvalue weighted by Gasteiger charge is -2.29. The highest BCUT2D eigenvalue weighted by atomic mass is 35.5. The highest BCUT2D eigenvalue weighted by Crippen LogP contribution is 2.19. The van der Waals surface area contributed by atoms with E-state index in [1.54, 1.807) is 11.8 Å². The normalized spacial score (nSPS) is 16.4. The minimum Gasteiger partial charge on any atom is -0.341 e. The molecule has 1 saturated heterocycles. The molecule has 0 spiro atoms. The smallest absolute Gasteiger partial charge is 0.256 e. The Morgan fingerprint density at radius 1 is 1.29 bits per heavy atom. The fourth-order valence-corrected chi connectivity index (χ4v) is 2.68. The van der Waals surface area contributed by atoms with Crippen molar-refractivity contribution in [2.45, 2.75) is 32.2 Å². The third kappa shape index (κ3) is 3.73. The SMILES string of the molecule is CC(NC(=O)c1c(F)cccc1Cl)C(=O)N1CCCCC1. The lowest BCUT2D eigenvalue weighted by Crippen LogP contribution is -2.48. The molecule has 2 rings (SSSR count). The van der Waals surface area contributed by atoms with Gasteiger partial charge in [0.25, 0.3) is 5.91 Å². The van der Waals surface area contributed by atoms with Gasteiger partial charge in [0.15, 0.2) is 0 Å². The molecule has 1 aromatic carbocycles. The zero-order valence-electron chi connectivity index (χ0n) is 11.9. The predicted molar refractivity (Wildman–Crippen MR) is 78.8 cm³/mol. The van der Waals surface area contributed by atoms with Crippen molar-refractivity contribution in [3.8, 4) is 0 Å². The fourth-order valence-electron chi connectivity index (χ4n) is 2.43. The summed E-state index contributed by atoms with van der Waals surface area (Å²) in [4.78, 5) is 26.0. The van der Waals surface area contributed by atoms with Crippen molar-refractivity contribution in [2.24, 2.45) is 0 Å². The molecule has 21 heavy (non-hydrogen) atoms. The van der Waals surface area contributed by atoms with E-state index in [0.717, 1.165) is 25.3 Å². The molecule has 0 radical (unpaired) electrons. The maximum Gasteiger partial charge on any atom is 0.256 e. The van der Waals surface area contributed by atoms with Crippen LogP contribution in [0.25, 0.3) is 0 Å². The summed E-state index contributed by atoms with van der Waals surface area (Å²) in [6.45, 7) is 3.02. The van der Waals surface area contributed by atoms with Crippen LogP contribution in [0.2, 0.25) is 5.02 Å². The Labute approximate surface area is 128 Å². The van der Waals surface area contributed by atoms with Crippen LogP contribution in [-0.2, 0) is 4.79 Å². The maximum absolute atomic E-state index is 13.7. The van der Waals surface area contributed by atoms with Crippen molar-refractivity contribution in [1.82, 2.24) is 10.2 Å². The molecule has 0 aromatic heterocycles. The van der Waals surface area contributed by atoms with Gasteiger partial charge in [-0.3, -0.25) is 9.59 Å². The van der Waals surface area contributed by atoms with Crippen LogP contribution < -0.4 is 5.32 Å². The number of hydrogen-bond donors (Lipinski definition) is 1. The molecule has 0 saturated carbocycles. The Hall–Kier alpha value is -1.62. The highest BCUT2D eigenvalue weighted by molar-refractivity contribution is 6.33. The van der Waals surface area contributed by atoms with Gasteiger partial charge in [-0.2, -0.15) is 0 Å². The zero-order chi connectivity index (χ0) is 15.4. The van der Waals surface area contributed by atoms with Crippen LogP contribution in [-0.4, -0.2) is 35.8 Å². The molecular formula is C15H18ClFN2O2. The third-order valence-electron chi connectivity index (χ3n) is 3.58. The molecule has 4 nitrogen and oxygen atoms in total. The highest BCUT2D eigenvalue weighted by Gasteiger charge is 2.25. The van der Waals surface area contributed by atoms with Crippen molar-refractivity contribution < 1.29 is 14.0 Å². The minimum atomic E-state index is -0.703. The van der Waals surface area contributed by atoms with Crippen molar-refractivity contribution in [3.05, 3.63) is 34.6 Å². The molecule has 114 valence electrons. The topological polar surface area (TPSA) is 49.4 Å². The van der Waals surface area contributed by atoms with Gasteiger partial charge in [-0.1, -0.05) is 17.7 Å². The third-order valence-corrected chi connectivity index (χ3v) is 3.89. The minimum absolute atomic E-state index is 0.0325. The van der Waals surface area contributed by atoms with Crippen LogP contribution in [0.3, 0.4) is 0 Å². The van der Waals surface area contributed by atoms with E-state index < -0.39 is 17.8 Å². The first-order chi connectivity index (χ1) is 10.0. The van der Waals surface area contributed by atoms with E-state index in [-0.39, 0.29) is 16.5 Å². The van der Waals surface area contributed by atoms with E-state index >= 15 is 0 Å².